The van der Waals surface area contributed by atoms with Gasteiger partial charge in [-0.25, -0.2) is 4.39 Å². The van der Waals surface area contributed by atoms with Crippen molar-refractivity contribution in [1.82, 2.24) is 0 Å². The fourth-order valence-corrected chi connectivity index (χ4v) is 5.68. The van der Waals surface area contributed by atoms with E-state index in [2.05, 4.69) is 0 Å². The van der Waals surface area contributed by atoms with Gasteiger partial charge in [0.05, 0.1) is 0 Å². The molecule has 0 aromatic rings. The van der Waals surface area contributed by atoms with E-state index in [0.717, 1.165) is 31.1 Å². The second kappa shape index (κ2) is 8.36. The Balaban J connectivity index is 1.35. The van der Waals surface area contributed by atoms with Gasteiger partial charge in [0.1, 0.15) is 6.17 Å². The topological polar surface area (TPSA) is 0 Å². The van der Waals surface area contributed by atoms with E-state index in [9.17, 15) is 4.39 Å². The van der Waals surface area contributed by atoms with Crippen LogP contribution in [-0.4, -0.2) is 11.5 Å². The molecule has 0 saturated heterocycles. The summed E-state index contributed by atoms with van der Waals surface area (Å²) in [7, 11) is 0. The average molecular weight is 329 g/mol. The third-order valence-electron chi connectivity index (χ3n) is 6.99. The van der Waals surface area contributed by atoms with E-state index >= 15 is 0 Å². The summed E-state index contributed by atoms with van der Waals surface area (Å²) in [5.74, 6) is 3.00. The van der Waals surface area contributed by atoms with Crippen molar-refractivity contribution in [3.63, 3.8) is 0 Å². The molecule has 22 heavy (non-hydrogen) atoms. The summed E-state index contributed by atoms with van der Waals surface area (Å²) >= 11 is 6.20. The van der Waals surface area contributed by atoms with Crippen LogP contribution in [0.25, 0.3) is 0 Å². The van der Waals surface area contributed by atoms with Crippen LogP contribution in [0.15, 0.2) is 0 Å². The average Bonchev–Trinajstić information content (AvgIpc) is 2.55. The van der Waals surface area contributed by atoms with Gasteiger partial charge < -0.3 is 0 Å². The van der Waals surface area contributed by atoms with E-state index in [1.165, 1.54) is 70.6 Å². The summed E-state index contributed by atoms with van der Waals surface area (Å²) in [6.45, 7) is 0. The van der Waals surface area contributed by atoms with Gasteiger partial charge in [-0.15, -0.1) is 11.6 Å². The number of halogens is 2. The van der Waals surface area contributed by atoms with Crippen molar-refractivity contribution in [3.8, 4) is 0 Å². The van der Waals surface area contributed by atoms with Gasteiger partial charge in [-0.1, -0.05) is 38.5 Å². The zero-order valence-corrected chi connectivity index (χ0v) is 14.9. The molecule has 0 aromatic heterocycles. The van der Waals surface area contributed by atoms with Gasteiger partial charge in [0.2, 0.25) is 0 Å². The van der Waals surface area contributed by atoms with Crippen LogP contribution in [0, 0.1) is 23.7 Å². The fourth-order valence-electron chi connectivity index (χ4n) is 5.43. The number of alkyl halides is 2. The summed E-state index contributed by atoms with van der Waals surface area (Å²) < 4.78 is 14.1. The summed E-state index contributed by atoms with van der Waals surface area (Å²) in [6, 6.07) is 0. The minimum absolute atomic E-state index is 0.411. The highest BCUT2D eigenvalue weighted by Crippen LogP contribution is 2.43. The van der Waals surface area contributed by atoms with E-state index in [1.54, 1.807) is 0 Å². The van der Waals surface area contributed by atoms with Gasteiger partial charge in [0.25, 0.3) is 0 Å². The Morgan fingerprint density at radius 1 is 0.682 bits per heavy atom. The van der Waals surface area contributed by atoms with E-state index in [4.69, 9.17) is 11.6 Å². The molecule has 0 aliphatic heterocycles. The summed E-state index contributed by atoms with van der Waals surface area (Å²) in [6.07, 6.45) is 17.3. The van der Waals surface area contributed by atoms with Crippen molar-refractivity contribution < 1.29 is 4.39 Å². The standard InChI is InChI=1S/C20H34ClF/c21-18-13-9-16(10-14-18)6-5-15-7-11-17(12-8-15)19-3-1-2-4-20(19)22/h15-20H,1-14H2. The SMILES string of the molecule is FC1CCCCC1C1CCC(CCC2CCC(Cl)CC2)CC1. The van der Waals surface area contributed by atoms with Crippen molar-refractivity contribution in [3.05, 3.63) is 0 Å². The lowest BCUT2D eigenvalue weighted by atomic mass is 9.69. The smallest absolute Gasteiger partial charge is 0.103 e. The van der Waals surface area contributed by atoms with Crippen molar-refractivity contribution in [1.29, 1.82) is 0 Å². The molecule has 3 aliphatic rings. The minimum Gasteiger partial charge on any atom is -0.247 e. The van der Waals surface area contributed by atoms with Gasteiger partial charge in [-0.3, -0.25) is 0 Å². The van der Waals surface area contributed by atoms with Gasteiger partial charge >= 0.3 is 0 Å². The first kappa shape index (κ1) is 17.1. The van der Waals surface area contributed by atoms with E-state index in [-0.39, 0.29) is 0 Å². The van der Waals surface area contributed by atoms with Gasteiger partial charge in [0.15, 0.2) is 0 Å². The molecule has 2 atom stereocenters. The first-order valence-corrected chi connectivity index (χ1v) is 10.4. The van der Waals surface area contributed by atoms with Gasteiger partial charge in [0, 0.05) is 5.38 Å². The first-order valence-electron chi connectivity index (χ1n) is 10.0. The third-order valence-corrected chi connectivity index (χ3v) is 7.42. The van der Waals surface area contributed by atoms with Crippen molar-refractivity contribution in [2.24, 2.45) is 23.7 Å². The molecule has 0 nitrogen and oxygen atoms in total. The molecule has 3 saturated carbocycles. The molecule has 3 fully saturated rings. The van der Waals surface area contributed by atoms with Crippen LogP contribution >= 0.6 is 11.6 Å². The first-order chi connectivity index (χ1) is 10.7. The Kier molecular flexibility index (Phi) is 6.48. The van der Waals surface area contributed by atoms with Crippen molar-refractivity contribution in [2.75, 3.05) is 0 Å². The fraction of sp³-hybridized carbons (Fsp3) is 1.00. The lowest BCUT2D eigenvalue weighted by molar-refractivity contribution is 0.0794. The summed E-state index contributed by atoms with van der Waals surface area (Å²) in [5.41, 5.74) is 0. The Morgan fingerprint density at radius 2 is 1.23 bits per heavy atom. The monoisotopic (exact) mass is 328 g/mol. The summed E-state index contributed by atoms with van der Waals surface area (Å²) in [5, 5.41) is 0.454. The molecule has 3 aliphatic carbocycles. The lowest BCUT2D eigenvalue weighted by Crippen LogP contribution is -2.31. The quantitative estimate of drug-likeness (QED) is 0.492. The highest BCUT2D eigenvalue weighted by molar-refractivity contribution is 6.20. The number of hydrogen-bond acceptors (Lipinski definition) is 0. The van der Waals surface area contributed by atoms with Crippen LogP contribution in [0.3, 0.4) is 0 Å². The third kappa shape index (κ3) is 4.62. The van der Waals surface area contributed by atoms with Crippen LogP contribution < -0.4 is 0 Å². The molecule has 2 heteroatoms. The molecule has 0 bridgehead atoms. The Bertz CT molecular complexity index is 316. The van der Waals surface area contributed by atoms with Crippen LogP contribution in [0.4, 0.5) is 4.39 Å². The van der Waals surface area contributed by atoms with E-state index in [1.807, 2.05) is 0 Å². The van der Waals surface area contributed by atoms with Crippen molar-refractivity contribution in [2.45, 2.75) is 101 Å². The van der Waals surface area contributed by atoms with Crippen LogP contribution in [0.5, 0.6) is 0 Å². The molecule has 0 radical (unpaired) electrons. The summed E-state index contributed by atoms with van der Waals surface area (Å²) in [4.78, 5) is 0. The predicted molar refractivity (Wildman–Crippen MR) is 93.1 cm³/mol. The zero-order valence-electron chi connectivity index (χ0n) is 14.1. The lowest BCUT2D eigenvalue weighted by Gasteiger charge is -2.38. The second-order valence-corrected chi connectivity index (χ2v) is 9.06. The number of rotatable bonds is 4. The largest absolute Gasteiger partial charge is 0.247 e. The number of hydrogen-bond donors (Lipinski definition) is 0. The maximum absolute atomic E-state index is 14.1. The molecule has 0 heterocycles. The highest BCUT2D eigenvalue weighted by atomic mass is 35.5. The van der Waals surface area contributed by atoms with E-state index < -0.39 is 6.17 Å². The molecule has 0 N–H and O–H groups in total. The molecule has 0 aromatic carbocycles. The zero-order chi connectivity index (χ0) is 15.4. The van der Waals surface area contributed by atoms with Gasteiger partial charge in [-0.2, -0.15) is 0 Å². The van der Waals surface area contributed by atoms with Crippen LogP contribution in [0.2, 0.25) is 0 Å². The minimum atomic E-state index is -0.485. The molecule has 0 spiro atoms. The highest BCUT2D eigenvalue weighted by Gasteiger charge is 2.34. The molecular weight excluding hydrogens is 295 g/mol. The van der Waals surface area contributed by atoms with Crippen LogP contribution in [0.1, 0.15) is 89.9 Å². The predicted octanol–water partition coefficient (Wildman–Crippen LogP) is 6.90. The van der Waals surface area contributed by atoms with Crippen LogP contribution in [-0.2, 0) is 0 Å². The van der Waals surface area contributed by atoms with E-state index in [0.29, 0.717) is 17.2 Å². The Hall–Kier alpha value is 0.220. The molecular formula is C20H34ClF. The maximum atomic E-state index is 14.1. The molecule has 0 amide bonds. The normalized spacial score (nSPS) is 43.9. The Morgan fingerprint density at radius 3 is 1.82 bits per heavy atom. The molecule has 3 rings (SSSR count). The second-order valence-electron chi connectivity index (χ2n) is 8.44. The maximum Gasteiger partial charge on any atom is 0.103 e. The Labute approximate surface area is 141 Å². The van der Waals surface area contributed by atoms with Crippen molar-refractivity contribution >= 4 is 11.6 Å². The van der Waals surface area contributed by atoms with Gasteiger partial charge in [-0.05, 0) is 75.0 Å². The molecule has 128 valence electrons. The molecule has 2 unspecified atom stereocenters.